The molecule has 0 spiro atoms. The number of imidazole rings is 1. The second kappa shape index (κ2) is 9.24. The third-order valence-electron chi connectivity index (χ3n) is 4.18. The van der Waals surface area contributed by atoms with Gasteiger partial charge in [-0.3, -0.25) is 4.79 Å². The van der Waals surface area contributed by atoms with E-state index < -0.39 is 5.25 Å². The van der Waals surface area contributed by atoms with Crippen molar-refractivity contribution in [3.05, 3.63) is 57.2 Å². The normalized spacial score (nSPS) is 12.3. The number of halogens is 3. The first-order chi connectivity index (χ1) is 13.4. The number of nitrogens with zero attached hydrogens (tertiary/aromatic N) is 3. The summed E-state index contributed by atoms with van der Waals surface area (Å²) in [4.78, 5) is 20.8. The van der Waals surface area contributed by atoms with Crippen molar-refractivity contribution in [2.75, 3.05) is 6.61 Å². The van der Waals surface area contributed by atoms with Crippen molar-refractivity contribution in [3.63, 3.8) is 0 Å². The maximum atomic E-state index is 14.4. The Kier molecular flexibility index (Phi) is 6.95. The number of carbonyl (C=O) groups excluding carboxylic acids is 1. The Balaban J connectivity index is 1.93. The third-order valence-corrected chi connectivity index (χ3v) is 5.35. The first-order valence-electron chi connectivity index (χ1n) is 8.69. The lowest BCUT2D eigenvalue weighted by Crippen LogP contribution is -2.19. The Morgan fingerprint density at radius 2 is 2.14 bits per heavy atom. The van der Waals surface area contributed by atoms with Crippen LogP contribution in [0.5, 0.6) is 0 Å². The summed E-state index contributed by atoms with van der Waals surface area (Å²) in [5, 5.41) is -0.232. The van der Waals surface area contributed by atoms with Crippen molar-refractivity contribution < 1.29 is 13.9 Å². The van der Waals surface area contributed by atoms with Crippen molar-refractivity contribution in [2.24, 2.45) is 0 Å². The minimum atomic E-state index is -0.561. The molecular weight excluding hydrogens is 469 g/mol. The molecule has 2 aromatic heterocycles. The Labute approximate surface area is 180 Å². The van der Waals surface area contributed by atoms with Crippen LogP contribution in [0.3, 0.4) is 0 Å². The van der Waals surface area contributed by atoms with Gasteiger partial charge >= 0.3 is 5.97 Å². The molecule has 0 aliphatic carbocycles. The molecule has 1 atom stereocenters. The Hall–Kier alpha value is -1.64. The van der Waals surface area contributed by atoms with E-state index in [0.717, 1.165) is 0 Å². The van der Waals surface area contributed by atoms with Crippen LogP contribution in [0.1, 0.15) is 24.7 Å². The molecule has 0 amide bonds. The molecule has 1 aromatic carbocycles. The van der Waals surface area contributed by atoms with Crippen LogP contribution < -0.4 is 0 Å². The molecule has 0 aliphatic rings. The molecule has 1 unspecified atom stereocenters. The van der Waals surface area contributed by atoms with E-state index in [1.54, 1.807) is 31.2 Å². The lowest BCUT2D eigenvalue weighted by Gasteiger charge is -2.12. The Morgan fingerprint density at radius 1 is 1.36 bits per heavy atom. The number of carbonyl (C=O) groups is 1. The van der Waals surface area contributed by atoms with Crippen LogP contribution in [0.15, 0.2) is 34.8 Å². The van der Waals surface area contributed by atoms with Gasteiger partial charge in [-0.2, -0.15) is 12.6 Å². The van der Waals surface area contributed by atoms with Crippen LogP contribution in [0.25, 0.3) is 11.2 Å². The predicted molar refractivity (Wildman–Crippen MR) is 113 cm³/mol. The Bertz CT molecular complexity index is 1010. The van der Waals surface area contributed by atoms with Crippen molar-refractivity contribution in [1.82, 2.24) is 14.5 Å². The number of rotatable bonds is 7. The molecular formula is C19H18BrClFN3O2S. The molecule has 2 heterocycles. The summed E-state index contributed by atoms with van der Waals surface area (Å²) in [6, 6.07) is 8.33. The fourth-order valence-electron chi connectivity index (χ4n) is 2.82. The van der Waals surface area contributed by atoms with Gasteiger partial charge in [0.1, 0.15) is 22.3 Å². The second-order valence-corrected chi connectivity index (χ2v) is 8.06. The summed E-state index contributed by atoms with van der Waals surface area (Å²) in [7, 11) is 0. The number of ether oxygens (including phenoxy) is 1. The molecule has 0 bridgehead atoms. The van der Waals surface area contributed by atoms with Crippen LogP contribution in [0, 0.1) is 5.82 Å². The van der Waals surface area contributed by atoms with E-state index in [2.05, 4.69) is 38.5 Å². The lowest BCUT2D eigenvalue weighted by molar-refractivity contribution is -0.142. The topological polar surface area (TPSA) is 57.0 Å². The average molecular weight is 487 g/mol. The number of thiol groups is 1. The molecule has 5 nitrogen and oxygen atoms in total. The molecule has 3 rings (SSSR count). The quantitative estimate of drug-likeness (QED) is 0.295. The van der Waals surface area contributed by atoms with Gasteiger partial charge in [0.25, 0.3) is 0 Å². The highest BCUT2D eigenvalue weighted by atomic mass is 79.9. The summed E-state index contributed by atoms with van der Waals surface area (Å²) in [6.45, 7) is 2.30. The molecule has 0 saturated heterocycles. The van der Waals surface area contributed by atoms with Crippen molar-refractivity contribution in [3.8, 4) is 0 Å². The molecule has 3 aromatic rings. The summed E-state index contributed by atoms with van der Waals surface area (Å²) in [5.41, 5.74) is 1.72. The number of benzene rings is 1. The van der Waals surface area contributed by atoms with E-state index in [-0.39, 0.29) is 18.3 Å². The summed E-state index contributed by atoms with van der Waals surface area (Å²) < 4.78 is 21.9. The minimum absolute atomic E-state index is 0.245. The molecule has 148 valence electrons. The lowest BCUT2D eigenvalue weighted by atomic mass is 10.2. The second-order valence-electron chi connectivity index (χ2n) is 6.13. The number of hydrogen-bond donors (Lipinski definition) is 1. The highest BCUT2D eigenvalue weighted by Crippen LogP contribution is 2.23. The van der Waals surface area contributed by atoms with Crippen LogP contribution in [-0.4, -0.2) is 32.4 Å². The zero-order chi connectivity index (χ0) is 20.3. The first-order valence-corrected chi connectivity index (χ1v) is 10.4. The van der Waals surface area contributed by atoms with Gasteiger partial charge in [0, 0.05) is 16.5 Å². The molecule has 28 heavy (non-hydrogen) atoms. The molecule has 0 saturated carbocycles. The maximum absolute atomic E-state index is 14.4. The van der Waals surface area contributed by atoms with E-state index in [9.17, 15) is 9.18 Å². The van der Waals surface area contributed by atoms with Gasteiger partial charge in [-0.25, -0.2) is 14.4 Å². The molecule has 0 radical (unpaired) electrons. The summed E-state index contributed by atoms with van der Waals surface area (Å²) in [6.07, 6.45) is 0.890. The van der Waals surface area contributed by atoms with Crippen LogP contribution in [-0.2, 0) is 22.5 Å². The van der Waals surface area contributed by atoms with E-state index in [1.807, 2.05) is 4.57 Å². The van der Waals surface area contributed by atoms with Gasteiger partial charge < -0.3 is 9.30 Å². The minimum Gasteiger partial charge on any atom is -0.465 e. The molecule has 0 N–H and O–H groups in total. The van der Waals surface area contributed by atoms with E-state index >= 15 is 0 Å². The highest BCUT2D eigenvalue weighted by Gasteiger charge is 2.19. The fourth-order valence-corrected chi connectivity index (χ4v) is 3.50. The largest absolute Gasteiger partial charge is 0.465 e. The third kappa shape index (κ3) is 4.85. The number of aryl methyl sites for hydroxylation is 1. The fraction of sp³-hybridized carbons (Fsp3) is 0.316. The number of hydrogen-bond acceptors (Lipinski definition) is 5. The van der Waals surface area contributed by atoms with Crippen molar-refractivity contribution >= 4 is 57.3 Å². The van der Waals surface area contributed by atoms with Crippen LogP contribution in [0.4, 0.5) is 4.39 Å². The summed E-state index contributed by atoms with van der Waals surface area (Å²) in [5.74, 6) is -0.0214. The monoisotopic (exact) mass is 485 g/mol. The Morgan fingerprint density at radius 3 is 2.86 bits per heavy atom. The SMILES string of the molecule is CCOC(=O)C(S)CCc1nc2ccc(Cl)nc2n1Cc1ccc(Br)cc1F. The van der Waals surface area contributed by atoms with Crippen molar-refractivity contribution in [1.29, 1.82) is 0 Å². The van der Waals surface area contributed by atoms with Crippen LogP contribution in [0.2, 0.25) is 5.15 Å². The zero-order valence-electron chi connectivity index (χ0n) is 15.0. The average Bonchev–Trinajstić information content (AvgIpc) is 2.99. The maximum Gasteiger partial charge on any atom is 0.318 e. The number of esters is 1. The summed E-state index contributed by atoms with van der Waals surface area (Å²) >= 11 is 13.6. The zero-order valence-corrected chi connectivity index (χ0v) is 18.3. The van der Waals surface area contributed by atoms with E-state index in [0.29, 0.717) is 51.6 Å². The van der Waals surface area contributed by atoms with E-state index in [4.69, 9.17) is 16.3 Å². The number of fused-ring (bicyclic) bond motifs is 1. The van der Waals surface area contributed by atoms with Crippen molar-refractivity contribution in [2.45, 2.75) is 31.6 Å². The first kappa shape index (κ1) is 21.1. The highest BCUT2D eigenvalue weighted by molar-refractivity contribution is 9.10. The predicted octanol–water partition coefficient (Wildman–Crippen LogP) is 4.83. The molecule has 0 fully saturated rings. The number of aromatic nitrogens is 3. The molecule has 0 aliphatic heterocycles. The van der Waals surface area contributed by atoms with Gasteiger partial charge in [0.2, 0.25) is 0 Å². The van der Waals surface area contributed by atoms with Gasteiger partial charge in [-0.15, -0.1) is 0 Å². The van der Waals surface area contributed by atoms with Gasteiger partial charge in [0.05, 0.1) is 18.4 Å². The van der Waals surface area contributed by atoms with Gasteiger partial charge in [-0.1, -0.05) is 33.6 Å². The van der Waals surface area contributed by atoms with Gasteiger partial charge in [-0.05, 0) is 37.6 Å². The molecule has 9 heteroatoms. The smallest absolute Gasteiger partial charge is 0.318 e. The van der Waals surface area contributed by atoms with Gasteiger partial charge in [0.15, 0.2) is 5.65 Å². The van der Waals surface area contributed by atoms with Crippen LogP contribution >= 0.6 is 40.2 Å². The standard InChI is InChI=1S/C19H18BrClFN3O2S/c1-2-27-19(26)15(28)6-8-17-23-14-5-7-16(21)24-18(14)25(17)10-11-3-4-12(20)9-13(11)22/h3-5,7,9,15,28H,2,6,8,10H2,1H3. The number of pyridine rings is 1. The van der Waals surface area contributed by atoms with E-state index in [1.165, 1.54) is 6.07 Å².